The SMILES string of the molecule is CCN(C)[C@H](COS(C)(=O)=O)Cc1ccco1. The molecule has 17 heavy (non-hydrogen) atoms. The summed E-state index contributed by atoms with van der Waals surface area (Å²) in [6.45, 7) is 2.97. The van der Waals surface area contributed by atoms with Crippen LogP contribution in [0.15, 0.2) is 22.8 Å². The zero-order valence-corrected chi connectivity index (χ0v) is 11.2. The van der Waals surface area contributed by atoms with Gasteiger partial charge in [-0.1, -0.05) is 6.92 Å². The molecule has 0 aliphatic carbocycles. The van der Waals surface area contributed by atoms with Crippen molar-refractivity contribution in [2.45, 2.75) is 19.4 Å². The van der Waals surface area contributed by atoms with Gasteiger partial charge in [-0.2, -0.15) is 8.42 Å². The van der Waals surface area contributed by atoms with Gasteiger partial charge in [-0.25, -0.2) is 0 Å². The first kappa shape index (κ1) is 14.2. The van der Waals surface area contributed by atoms with E-state index >= 15 is 0 Å². The van der Waals surface area contributed by atoms with Crippen LogP contribution in [0.1, 0.15) is 12.7 Å². The first-order valence-corrected chi connectivity index (χ1v) is 7.31. The Kier molecular flexibility index (Phi) is 5.17. The third kappa shape index (κ3) is 5.34. The summed E-state index contributed by atoms with van der Waals surface area (Å²) in [6, 6.07) is 3.67. The zero-order chi connectivity index (χ0) is 12.9. The summed E-state index contributed by atoms with van der Waals surface area (Å²) >= 11 is 0. The van der Waals surface area contributed by atoms with Gasteiger partial charge in [0.05, 0.1) is 19.1 Å². The molecule has 5 nitrogen and oxygen atoms in total. The van der Waals surface area contributed by atoms with E-state index in [1.807, 2.05) is 31.0 Å². The number of hydrogen-bond donors (Lipinski definition) is 0. The molecule has 1 atom stereocenters. The van der Waals surface area contributed by atoms with E-state index in [-0.39, 0.29) is 12.6 Å². The Hall–Kier alpha value is -0.850. The molecule has 98 valence electrons. The van der Waals surface area contributed by atoms with Gasteiger partial charge >= 0.3 is 0 Å². The van der Waals surface area contributed by atoms with Crippen molar-refractivity contribution >= 4 is 10.1 Å². The van der Waals surface area contributed by atoms with E-state index in [1.54, 1.807) is 6.26 Å². The Morgan fingerprint density at radius 2 is 2.24 bits per heavy atom. The maximum Gasteiger partial charge on any atom is 0.264 e. The fourth-order valence-electron chi connectivity index (χ4n) is 1.46. The van der Waals surface area contributed by atoms with Crippen molar-refractivity contribution in [1.29, 1.82) is 0 Å². The lowest BCUT2D eigenvalue weighted by molar-refractivity contribution is 0.165. The lowest BCUT2D eigenvalue weighted by Gasteiger charge is -2.25. The summed E-state index contributed by atoms with van der Waals surface area (Å²) in [5.74, 6) is 0.826. The molecule has 1 aromatic heterocycles. The molecule has 0 saturated heterocycles. The lowest BCUT2D eigenvalue weighted by Crippen LogP contribution is -2.37. The van der Waals surface area contributed by atoms with E-state index in [9.17, 15) is 8.42 Å². The molecule has 0 aliphatic heterocycles. The van der Waals surface area contributed by atoms with E-state index in [0.717, 1.165) is 18.6 Å². The predicted molar refractivity (Wildman–Crippen MR) is 65.3 cm³/mol. The summed E-state index contributed by atoms with van der Waals surface area (Å²) in [5, 5.41) is 0. The molecular weight excluding hydrogens is 242 g/mol. The van der Waals surface area contributed by atoms with E-state index in [2.05, 4.69) is 0 Å². The largest absolute Gasteiger partial charge is 0.469 e. The Balaban J connectivity index is 2.61. The van der Waals surface area contributed by atoms with Gasteiger partial charge in [0.2, 0.25) is 0 Å². The van der Waals surface area contributed by atoms with Crippen molar-refractivity contribution in [2.75, 3.05) is 26.5 Å². The summed E-state index contributed by atoms with van der Waals surface area (Å²) in [5.41, 5.74) is 0. The van der Waals surface area contributed by atoms with Gasteiger partial charge in [0.1, 0.15) is 5.76 Å². The average Bonchev–Trinajstić information content (AvgIpc) is 2.74. The van der Waals surface area contributed by atoms with E-state index in [0.29, 0.717) is 6.42 Å². The topological polar surface area (TPSA) is 59.8 Å². The van der Waals surface area contributed by atoms with E-state index in [4.69, 9.17) is 8.60 Å². The van der Waals surface area contributed by atoms with Gasteiger partial charge < -0.3 is 9.32 Å². The van der Waals surface area contributed by atoms with Crippen molar-refractivity contribution < 1.29 is 17.0 Å². The molecule has 1 heterocycles. The van der Waals surface area contributed by atoms with E-state index in [1.165, 1.54) is 0 Å². The minimum atomic E-state index is -3.40. The third-order valence-corrected chi connectivity index (χ3v) is 3.18. The fourth-order valence-corrected chi connectivity index (χ4v) is 1.87. The Morgan fingerprint density at radius 1 is 1.53 bits per heavy atom. The lowest BCUT2D eigenvalue weighted by atomic mass is 10.1. The van der Waals surface area contributed by atoms with Crippen molar-refractivity contribution in [1.82, 2.24) is 4.90 Å². The van der Waals surface area contributed by atoms with Gasteiger partial charge in [0.15, 0.2) is 0 Å². The normalized spacial score (nSPS) is 14.1. The molecule has 0 spiro atoms. The summed E-state index contributed by atoms with van der Waals surface area (Å²) in [6.07, 6.45) is 3.30. The molecule has 6 heteroatoms. The van der Waals surface area contributed by atoms with Crippen LogP contribution in [0, 0.1) is 0 Å². The molecule has 0 fully saturated rings. The van der Waals surface area contributed by atoms with E-state index < -0.39 is 10.1 Å². The van der Waals surface area contributed by atoms with Crippen LogP contribution >= 0.6 is 0 Å². The maximum absolute atomic E-state index is 11.0. The Morgan fingerprint density at radius 3 is 2.71 bits per heavy atom. The summed E-state index contributed by atoms with van der Waals surface area (Å²) in [7, 11) is -1.47. The van der Waals surface area contributed by atoms with Crippen LogP contribution in [-0.2, 0) is 20.7 Å². The van der Waals surface area contributed by atoms with Crippen molar-refractivity contribution in [3.63, 3.8) is 0 Å². The maximum atomic E-state index is 11.0. The predicted octanol–water partition coefficient (Wildman–Crippen LogP) is 1.12. The standard InChI is InChI=1S/C11H19NO4S/c1-4-12(2)10(9-16-17(3,13)14)8-11-6-5-7-15-11/h5-7,10H,4,8-9H2,1-3H3/t10-/m0/s1. The first-order chi connectivity index (χ1) is 7.92. The minimum Gasteiger partial charge on any atom is -0.469 e. The van der Waals surface area contributed by atoms with Crippen LogP contribution in [0.3, 0.4) is 0 Å². The van der Waals surface area contributed by atoms with Crippen LogP contribution < -0.4 is 0 Å². The summed E-state index contributed by atoms with van der Waals surface area (Å²) in [4.78, 5) is 2.04. The van der Waals surface area contributed by atoms with Crippen LogP contribution in [0.2, 0.25) is 0 Å². The molecule has 0 amide bonds. The van der Waals surface area contributed by atoms with Crippen molar-refractivity contribution in [2.24, 2.45) is 0 Å². The van der Waals surface area contributed by atoms with Crippen LogP contribution in [0.5, 0.6) is 0 Å². The highest BCUT2D eigenvalue weighted by Crippen LogP contribution is 2.09. The molecule has 1 aromatic rings. The molecule has 0 N–H and O–H groups in total. The molecule has 1 rings (SSSR count). The second-order valence-electron chi connectivity index (χ2n) is 4.00. The van der Waals surface area contributed by atoms with Crippen LogP contribution in [-0.4, -0.2) is 45.8 Å². The molecule has 0 radical (unpaired) electrons. The second-order valence-corrected chi connectivity index (χ2v) is 5.64. The van der Waals surface area contributed by atoms with Gasteiger partial charge in [-0.15, -0.1) is 0 Å². The Labute approximate surface area is 102 Å². The molecule has 0 unspecified atom stereocenters. The highest BCUT2D eigenvalue weighted by molar-refractivity contribution is 7.85. The molecule has 0 aromatic carbocycles. The number of rotatable bonds is 7. The van der Waals surface area contributed by atoms with Gasteiger partial charge in [0.25, 0.3) is 10.1 Å². The third-order valence-electron chi connectivity index (χ3n) is 2.61. The molecule has 0 aliphatic rings. The van der Waals surface area contributed by atoms with Crippen molar-refractivity contribution in [3.05, 3.63) is 24.2 Å². The van der Waals surface area contributed by atoms with Gasteiger partial charge in [-0.05, 0) is 25.7 Å². The zero-order valence-electron chi connectivity index (χ0n) is 10.4. The number of nitrogens with zero attached hydrogens (tertiary/aromatic N) is 1. The molecule has 0 saturated carbocycles. The molecule has 0 bridgehead atoms. The van der Waals surface area contributed by atoms with Crippen LogP contribution in [0.4, 0.5) is 0 Å². The second kappa shape index (κ2) is 6.18. The fraction of sp³-hybridized carbons (Fsp3) is 0.636. The smallest absolute Gasteiger partial charge is 0.264 e. The number of hydrogen-bond acceptors (Lipinski definition) is 5. The summed E-state index contributed by atoms with van der Waals surface area (Å²) < 4.78 is 32.1. The van der Waals surface area contributed by atoms with Crippen LogP contribution in [0.25, 0.3) is 0 Å². The highest BCUT2D eigenvalue weighted by Gasteiger charge is 2.18. The Bertz CT molecular complexity index is 413. The number of furan rings is 1. The molecular formula is C11H19NO4S. The van der Waals surface area contributed by atoms with Gasteiger partial charge in [0, 0.05) is 12.5 Å². The number of likely N-dealkylation sites (N-methyl/N-ethyl adjacent to an activating group) is 1. The van der Waals surface area contributed by atoms with Crippen molar-refractivity contribution in [3.8, 4) is 0 Å². The highest BCUT2D eigenvalue weighted by atomic mass is 32.2. The first-order valence-electron chi connectivity index (χ1n) is 5.49. The average molecular weight is 261 g/mol. The quantitative estimate of drug-likeness (QED) is 0.688. The monoisotopic (exact) mass is 261 g/mol. The van der Waals surface area contributed by atoms with Gasteiger partial charge in [-0.3, -0.25) is 4.18 Å². The minimum absolute atomic E-state index is 0.0131.